The molecule has 0 heterocycles. The maximum atomic E-state index is 6.10. The molecule has 3 heteroatoms. The second kappa shape index (κ2) is 5.59. The van der Waals surface area contributed by atoms with Crippen molar-refractivity contribution in [2.24, 2.45) is 5.73 Å². The van der Waals surface area contributed by atoms with E-state index < -0.39 is 0 Å². The molecule has 1 atom stereocenters. The molecule has 2 N–H and O–H groups in total. The van der Waals surface area contributed by atoms with E-state index >= 15 is 0 Å². The van der Waals surface area contributed by atoms with E-state index in [0.29, 0.717) is 17.5 Å². The Balaban J connectivity index is 2.92. The third kappa shape index (κ3) is 2.88. The molecule has 0 fully saturated rings. The summed E-state index contributed by atoms with van der Waals surface area (Å²) < 4.78 is 0. The molecule has 1 aromatic carbocycles. The van der Waals surface area contributed by atoms with Crippen molar-refractivity contribution in [1.29, 1.82) is 0 Å². The van der Waals surface area contributed by atoms with Gasteiger partial charge in [-0.2, -0.15) is 0 Å². The van der Waals surface area contributed by atoms with Gasteiger partial charge >= 0.3 is 0 Å². The highest BCUT2D eigenvalue weighted by Crippen LogP contribution is 2.29. The Labute approximate surface area is 95.2 Å². The summed E-state index contributed by atoms with van der Waals surface area (Å²) in [5.74, 6) is 0.352. The maximum absolute atomic E-state index is 6.10. The Hall–Kier alpha value is -0.240. The highest BCUT2D eigenvalue weighted by atomic mass is 35.5. The molecule has 0 aliphatic heterocycles. The number of rotatable bonds is 4. The van der Waals surface area contributed by atoms with Crippen LogP contribution in [0.1, 0.15) is 31.2 Å². The minimum absolute atomic E-state index is 0.352. The molecule has 0 aromatic heterocycles. The summed E-state index contributed by atoms with van der Waals surface area (Å²) >= 11 is 11.9. The molecule has 0 bridgehead atoms. The molecule has 1 nitrogen and oxygen atoms in total. The van der Waals surface area contributed by atoms with E-state index in [2.05, 4.69) is 6.92 Å². The Kier molecular flexibility index (Phi) is 4.73. The lowest BCUT2D eigenvalue weighted by molar-refractivity contribution is 0.622. The molecule has 0 aliphatic carbocycles. The van der Waals surface area contributed by atoms with Crippen LogP contribution in [0.4, 0.5) is 0 Å². The van der Waals surface area contributed by atoms with Gasteiger partial charge in [-0.15, -0.1) is 0 Å². The van der Waals surface area contributed by atoms with Crippen molar-refractivity contribution in [1.82, 2.24) is 0 Å². The van der Waals surface area contributed by atoms with Crippen molar-refractivity contribution in [3.05, 3.63) is 33.8 Å². The quantitative estimate of drug-likeness (QED) is 0.838. The van der Waals surface area contributed by atoms with E-state index in [9.17, 15) is 0 Å². The lowest BCUT2D eigenvalue weighted by Crippen LogP contribution is -2.12. The van der Waals surface area contributed by atoms with Crippen molar-refractivity contribution in [2.45, 2.75) is 25.7 Å². The first-order chi connectivity index (χ1) is 6.69. The fourth-order valence-electron chi connectivity index (χ4n) is 1.58. The Morgan fingerprint density at radius 2 is 2.07 bits per heavy atom. The summed E-state index contributed by atoms with van der Waals surface area (Å²) in [6, 6.07) is 5.61. The average Bonchev–Trinajstić information content (AvgIpc) is 2.15. The van der Waals surface area contributed by atoms with Gasteiger partial charge < -0.3 is 5.73 Å². The average molecular weight is 232 g/mol. The number of hydrogen-bond acceptors (Lipinski definition) is 1. The summed E-state index contributed by atoms with van der Waals surface area (Å²) in [7, 11) is 0. The molecular formula is C11H15Cl2N. The third-order valence-electron chi connectivity index (χ3n) is 2.32. The fourth-order valence-corrected chi connectivity index (χ4v) is 2.14. The van der Waals surface area contributed by atoms with Crippen LogP contribution in [0.5, 0.6) is 0 Å². The molecular weight excluding hydrogens is 217 g/mol. The van der Waals surface area contributed by atoms with Crippen LogP contribution in [0.25, 0.3) is 0 Å². The second-order valence-electron chi connectivity index (χ2n) is 3.39. The molecule has 1 unspecified atom stereocenters. The Bertz CT molecular complexity index is 299. The molecule has 0 radical (unpaired) electrons. The van der Waals surface area contributed by atoms with Gasteiger partial charge in [0.25, 0.3) is 0 Å². The van der Waals surface area contributed by atoms with E-state index in [4.69, 9.17) is 28.9 Å². The molecule has 0 aliphatic rings. The van der Waals surface area contributed by atoms with Gasteiger partial charge in [-0.25, -0.2) is 0 Å². The Morgan fingerprint density at radius 1 is 1.36 bits per heavy atom. The van der Waals surface area contributed by atoms with Crippen molar-refractivity contribution < 1.29 is 0 Å². The normalized spacial score (nSPS) is 12.9. The van der Waals surface area contributed by atoms with Gasteiger partial charge in [0, 0.05) is 10.0 Å². The summed E-state index contributed by atoms with van der Waals surface area (Å²) in [4.78, 5) is 0. The van der Waals surface area contributed by atoms with Gasteiger partial charge in [-0.1, -0.05) is 42.6 Å². The lowest BCUT2D eigenvalue weighted by Gasteiger charge is -2.15. The first kappa shape index (κ1) is 11.8. The first-order valence-electron chi connectivity index (χ1n) is 4.84. The Morgan fingerprint density at radius 3 is 2.57 bits per heavy atom. The standard InChI is InChI=1S/C11H15Cl2N/c1-2-3-8(7-14)10-5-4-9(12)6-11(10)13/h4-6,8H,2-3,7,14H2,1H3. The zero-order valence-corrected chi connectivity index (χ0v) is 9.78. The number of halogens is 2. The minimum atomic E-state index is 0.352. The van der Waals surface area contributed by atoms with E-state index in [0.717, 1.165) is 23.4 Å². The number of benzene rings is 1. The molecule has 1 aromatic rings. The van der Waals surface area contributed by atoms with Gasteiger partial charge in [0.1, 0.15) is 0 Å². The van der Waals surface area contributed by atoms with E-state index in [1.54, 1.807) is 6.07 Å². The van der Waals surface area contributed by atoms with Gasteiger partial charge in [-0.3, -0.25) is 0 Å². The second-order valence-corrected chi connectivity index (χ2v) is 4.23. The zero-order valence-electron chi connectivity index (χ0n) is 8.26. The monoisotopic (exact) mass is 231 g/mol. The van der Waals surface area contributed by atoms with Crippen molar-refractivity contribution in [2.75, 3.05) is 6.54 Å². The predicted octanol–water partition coefficient (Wildman–Crippen LogP) is 3.84. The predicted molar refractivity (Wildman–Crippen MR) is 63.2 cm³/mol. The van der Waals surface area contributed by atoms with Crippen LogP contribution in [-0.2, 0) is 0 Å². The molecule has 1 rings (SSSR count). The van der Waals surface area contributed by atoms with Crippen molar-refractivity contribution >= 4 is 23.2 Å². The van der Waals surface area contributed by atoms with E-state index in [1.165, 1.54) is 0 Å². The van der Waals surface area contributed by atoms with Crippen molar-refractivity contribution in [3.63, 3.8) is 0 Å². The number of hydrogen-bond donors (Lipinski definition) is 1. The van der Waals surface area contributed by atoms with Crippen LogP contribution in [0.15, 0.2) is 18.2 Å². The molecule has 0 amide bonds. The molecule has 78 valence electrons. The largest absolute Gasteiger partial charge is 0.330 e. The van der Waals surface area contributed by atoms with Crippen LogP contribution >= 0.6 is 23.2 Å². The van der Waals surface area contributed by atoms with Crippen LogP contribution in [0, 0.1) is 0 Å². The van der Waals surface area contributed by atoms with Crippen LogP contribution in [0.2, 0.25) is 10.0 Å². The molecule has 0 saturated carbocycles. The molecule has 14 heavy (non-hydrogen) atoms. The zero-order chi connectivity index (χ0) is 10.6. The first-order valence-corrected chi connectivity index (χ1v) is 5.59. The van der Waals surface area contributed by atoms with Crippen molar-refractivity contribution in [3.8, 4) is 0 Å². The topological polar surface area (TPSA) is 26.0 Å². The van der Waals surface area contributed by atoms with E-state index in [1.807, 2.05) is 12.1 Å². The van der Waals surface area contributed by atoms with E-state index in [-0.39, 0.29) is 0 Å². The summed E-state index contributed by atoms with van der Waals surface area (Å²) in [6.45, 7) is 2.78. The third-order valence-corrected chi connectivity index (χ3v) is 2.89. The fraction of sp³-hybridized carbons (Fsp3) is 0.455. The van der Waals surface area contributed by atoms with Crippen LogP contribution in [-0.4, -0.2) is 6.54 Å². The highest BCUT2D eigenvalue weighted by molar-refractivity contribution is 6.35. The highest BCUT2D eigenvalue weighted by Gasteiger charge is 2.12. The number of nitrogens with two attached hydrogens (primary N) is 1. The lowest BCUT2D eigenvalue weighted by atomic mass is 9.95. The summed E-state index contributed by atoms with van der Waals surface area (Å²) in [5.41, 5.74) is 6.82. The van der Waals surface area contributed by atoms with Crippen LogP contribution in [0.3, 0.4) is 0 Å². The maximum Gasteiger partial charge on any atom is 0.0456 e. The van der Waals surface area contributed by atoms with Gasteiger partial charge in [0.2, 0.25) is 0 Å². The van der Waals surface area contributed by atoms with Gasteiger partial charge in [0.05, 0.1) is 0 Å². The smallest absolute Gasteiger partial charge is 0.0456 e. The van der Waals surface area contributed by atoms with Crippen LogP contribution < -0.4 is 5.73 Å². The summed E-state index contributed by atoms with van der Waals surface area (Å²) in [5, 5.41) is 1.40. The molecule has 0 saturated heterocycles. The molecule has 0 spiro atoms. The van der Waals surface area contributed by atoms with Gasteiger partial charge in [-0.05, 0) is 36.6 Å². The minimum Gasteiger partial charge on any atom is -0.330 e. The SMILES string of the molecule is CCCC(CN)c1ccc(Cl)cc1Cl. The van der Waals surface area contributed by atoms with Gasteiger partial charge in [0.15, 0.2) is 0 Å². The summed E-state index contributed by atoms with van der Waals surface area (Å²) in [6.07, 6.45) is 2.18.